The molecule has 4 heterocycles. The first kappa shape index (κ1) is 22.6. The van der Waals surface area contributed by atoms with E-state index in [2.05, 4.69) is 20.3 Å². The topological polar surface area (TPSA) is 139 Å². The van der Waals surface area contributed by atoms with Crippen LogP contribution >= 0.6 is 0 Å². The number of hydrogen-bond acceptors (Lipinski definition) is 8. The third-order valence-corrected chi connectivity index (χ3v) is 6.96. The van der Waals surface area contributed by atoms with Gasteiger partial charge in [0.15, 0.2) is 11.5 Å². The SMILES string of the molecule is CC(=O)N1CC(O)C(NC(=O)c2c(C)[nH]c3c(-c4c(OCC5CC5)ccc5c4OCO5)ncnc23)C1. The lowest BCUT2D eigenvalue weighted by Crippen LogP contribution is -2.43. The third kappa shape index (κ3) is 3.89. The molecule has 1 saturated heterocycles. The Hall–Kier alpha value is -3.86. The summed E-state index contributed by atoms with van der Waals surface area (Å²) >= 11 is 0. The maximum Gasteiger partial charge on any atom is 0.255 e. The van der Waals surface area contributed by atoms with Crippen molar-refractivity contribution in [2.75, 3.05) is 26.5 Å². The van der Waals surface area contributed by atoms with Crippen molar-refractivity contribution < 1.29 is 28.9 Å². The van der Waals surface area contributed by atoms with E-state index in [-0.39, 0.29) is 31.7 Å². The Morgan fingerprint density at radius 3 is 2.83 bits per heavy atom. The summed E-state index contributed by atoms with van der Waals surface area (Å²) in [6.45, 7) is 4.37. The second kappa shape index (κ2) is 8.66. The van der Waals surface area contributed by atoms with Crippen LogP contribution in [0.5, 0.6) is 17.2 Å². The number of aryl methyl sites for hydroxylation is 1. The predicted octanol–water partition coefficient (Wildman–Crippen LogP) is 1.77. The Morgan fingerprint density at radius 1 is 1.25 bits per heavy atom. The Kier molecular flexibility index (Phi) is 5.44. The molecule has 36 heavy (non-hydrogen) atoms. The van der Waals surface area contributed by atoms with Crippen LogP contribution in [0.2, 0.25) is 0 Å². The van der Waals surface area contributed by atoms with Crippen LogP contribution in [0.15, 0.2) is 18.5 Å². The highest BCUT2D eigenvalue weighted by atomic mass is 16.7. The van der Waals surface area contributed by atoms with Crippen molar-refractivity contribution >= 4 is 22.8 Å². The number of benzene rings is 1. The number of likely N-dealkylation sites (tertiary alicyclic amines) is 1. The number of aliphatic hydroxyl groups is 1. The first-order valence-corrected chi connectivity index (χ1v) is 12.0. The van der Waals surface area contributed by atoms with Crippen molar-refractivity contribution in [2.24, 2.45) is 5.92 Å². The molecule has 2 aromatic heterocycles. The molecule has 0 radical (unpaired) electrons. The molecule has 0 bridgehead atoms. The van der Waals surface area contributed by atoms with Gasteiger partial charge in [-0.2, -0.15) is 0 Å². The summed E-state index contributed by atoms with van der Waals surface area (Å²) in [5, 5.41) is 13.2. The number of hydrogen-bond donors (Lipinski definition) is 3. The zero-order chi connectivity index (χ0) is 25.0. The molecule has 11 nitrogen and oxygen atoms in total. The Morgan fingerprint density at radius 2 is 2.08 bits per heavy atom. The highest BCUT2D eigenvalue weighted by Gasteiger charge is 2.35. The number of fused-ring (bicyclic) bond motifs is 2. The van der Waals surface area contributed by atoms with Crippen molar-refractivity contribution in [2.45, 2.75) is 38.8 Å². The fourth-order valence-corrected chi connectivity index (χ4v) is 4.81. The predicted molar refractivity (Wildman–Crippen MR) is 128 cm³/mol. The van der Waals surface area contributed by atoms with Crippen molar-refractivity contribution in [3.63, 3.8) is 0 Å². The molecule has 2 unspecified atom stereocenters. The number of nitrogens with one attached hydrogen (secondary N) is 2. The Bertz CT molecular complexity index is 1370. The minimum atomic E-state index is -0.844. The van der Waals surface area contributed by atoms with Gasteiger partial charge in [0.05, 0.1) is 35.4 Å². The highest BCUT2D eigenvalue weighted by Crippen LogP contribution is 2.48. The van der Waals surface area contributed by atoms with Crippen LogP contribution in [-0.4, -0.2) is 75.4 Å². The lowest BCUT2D eigenvalue weighted by Gasteiger charge is -2.16. The summed E-state index contributed by atoms with van der Waals surface area (Å²) in [5.41, 5.74) is 3.15. The molecule has 2 fully saturated rings. The fourth-order valence-electron chi connectivity index (χ4n) is 4.81. The quantitative estimate of drug-likeness (QED) is 0.472. The summed E-state index contributed by atoms with van der Waals surface area (Å²) in [6, 6.07) is 3.10. The molecule has 1 aromatic carbocycles. The standard InChI is InChI=1S/C25H27N5O6/c1-12-19(25(33)29-15-7-30(13(2)31)8-16(15)32)21-23(28-12)22(27-10-26-21)20-17(34-9-14-3-4-14)5-6-18-24(20)36-11-35-18/h5-6,10,14-16,28,32H,3-4,7-9,11H2,1-2H3,(H,29,33). The molecule has 1 aliphatic carbocycles. The zero-order valence-corrected chi connectivity index (χ0v) is 20.0. The maximum absolute atomic E-state index is 13.3. The Labute approximate surface area is 206 Å². The van der Waals surface area contributed by atoms with Gasteiger partial charge in [-0.1, -0.05) is 0 Å². The van der Waals surface area contributed by atoms with Gasteiger partial charge in [-0.05, 0) is 37.8 Å². The molecule has 3 aliphatic rings. The minimum Gasteiger partial charge on any atom is -0.492 e. The lowest BCUT2D eigenvalue weighted by atomic mass is 10.1. The normalized spacial score (nSPS) is 20.7. The largest absolute Gasteiger partial charge is 0.492 e. The van der Waals surface area contributed by atoms with Crippen LogP contribution in [0.1, 0.15) is 35.8 Å². The van der Waals surface area contributed by atoms with E-state index < -0.39 is 12.1 Å². The Balaban J connectivity index is 1.38. The van der Waals surface area contributed by atoms with Crippen molar-refractivity contribution in [3.05, 3.63) is 29.7 Å². The van der Waals surface area contributed by atoms with Crippen molar-refractivity contribution in [1.29, 1.82) is 0 Å². The van der Waals surface area contributed by atoms with E-state index in [1.54, 1.807) is 6.92 Å². The number of aromatic amines is 1. The average Bonchev–Trinajstić information content (AvgIpc) is 3.25. The van der Waals surface area contributed by atoms with Gasteiger partial charge in [0.1, 0.15) is 23.3 Å². The van der Waals surface area contributed by atoms with E-state index in [9.17, 15) is 14.7 Å². The summed E-state index contributed by atoms with van der Waals surface area (Å²) in [7, 11) is 0. The molecule has 2 aliphatic heterocycles. The summed E-state index contributed by atoms with van der Waals surface area (Å²) < 4.78 is 17.5. The van der Waals surface area contributed by atoms with Gasteiger partial charge in [0.2, 0.25) is 12.7 Å². The van der Waals surface area contributed by atoms with Crippen LogP contribution < -0.4 is 19.5 Å². The van der Waals surface area contributed by atoms with Gasteiger partial charge in [0, 0.05) is 25.7 Å². The molecule has 2 atom stereocenters. The zero-order valence-electron chi connectivity index (χ0n) is 20.0. The fraction of sp³-hybridized carbons (Fsp3) is 0.440. The molecule has 1 saturated carbocycles. The molecule has 11 heteroatoms. The second-order valence-electron chi connectivity index (χ2n) is 9.57. The highest BCUT2D eigenvalue weighted by molar-refractivity contribution is 6.09. The van der Waals surface area contributed by atoms with Crippen molar-refractivity contribution in [3.8, 4) is 28.5 Å². The smallest absolute Gasteiger partial charge is 0.255 e. The first-order chi connectivity index (χ1) is 17.4. The minimum absolute atomic E-state index is 0.0983. The van der Waals surface area contributed by atoms with Gasteiger partial charge in [0.25, 0.3) is 5.91 Å². The van der Waals surface area contributed by atoms with E-state index in [0.29, 0.717) is 63.3 Å². The van der Waals surface area contributed by atoms with Gasteiger partial charge in [-0.3, -0.25) is 9.59 Å². The number of β-amino-alcohol motifs (C(OH)–C–C–N with tert-alkyl or cyclic N) is 1. The molecule has 0 spiro atoms. The number of amides is 2. The maximum atomic E-state index is 13.3. The molecule has 2 amide bonds. The molecule has 6 rings (SSSR count). The summed E-state index contributed by atoms with van der Waals surface area (Å²) in [4.78, 5) is 38.8. The summed E-state index contributed by atoms with van der Waals surface area (Å²) in [6.07, 6.45) is 2.88. The number of nitrogens with zero attached hydrogens (tertiary/aromatic N) is 3. The van der Waals surface area contributed by atoms with Gasteiger partial charge in [-0.25, -0.2) is 9.97 Å². The number of carbonyl (C=O) groups excluding carboxylic acids is 2. The van der Waals surface area contributed by atoms with Crippen LogP contribution in [-0.2, 0) is 4.79 Å². The molecule has 3 N–H and O–H groups in total. The molecular weight excluding hydrogens is 466 g/mol. The van der Waals surface area contributed by atoms with E-state index in [0.717, 1.165) is 12.8 Å². The number of ether oxygens (including phenoxy) is 3. The van der Waals surface area contributed by atoms with E-state index >= 15 is 0 Å². The number of aliphatic hydroxyl groups excluding tert-OH is 1. The monoisotopic (exact) mass is 493 g/mol. The number of carbonyl (C=O) groups is 2. The van der Waals surface area contributed by atoms with E-state index in [1.807, 2.05) is 12.1 Å². The average molecular weight is 494 g/mol. The first-order valence-electron chi connectivity index (χ1n) is 12.0. The number of H-pyrrole nitrogens is 1. The lowest BCUT2D eigenvalue weighted by molar-refractivity contribution is -0.128. The molecule has 3 aromatic rings. The van der Waals surface area contributed by atoms with Crippen LogP contribution in [0.4, 0.5) is 0 Å². The van der Waals surface area contributed by atoms with Crippen LogP contribution in [0, 0.1) is 12.8 Å². The molecule has 188 valence electrons. The summed E-state index contributed by atoms with van der Waals surface area (Å²) in [5.74, 6) is 1.79. The second-order valence-corrected chi connectivity index (χ2v) is 9.57. The van der Waals surface area contributed by atoms with E-state index in [1.165, 1.54) is 18.2 Å². The van der Waals surface area contributed by atoms with Gasteiger partial charge in [-0.15, -0.1) is 0 Å². The van der Waals surface area contributed by atoms with E-state index in [4.69, 9.17) is 14.2 Å². The third-order valence-electron chi connectivity index (χ3n) is 6.96. The number of rotatable bonds is 6. The van der Waals surface area contributed by atoms with Gasteiger partial charge < -0.3 is 34.5 Å². The van der Waals surface area contributed by atoms with Gasteiger partial charge >= 0.3 is 0 Å². The van der Waals surface area contributed by atoms with Crippen LogP contribution in [0.3, 0.4) is 0 Å². The van der Waals surface area contributed by atoms with Crippen molar-refractivity contribution in [1.82, 2.24) is 25.2 Å². The molecular formula is C25H27N5O6. The van der Waals surface area contributed by atoms with Crippen LogP contribution in [0.25, 0.3) is 22.3 Å². The number of aromatic nitrogens is 3.